The quantitative estimate of drug-likeness (QED) is 0.678. The third-order valence-corrected chi connectivity index (χ3v) is 1.42. The van der Waals surface area contributed by atoms with Gasteiger partial charge in [0.25, 0.3) is 0 Å². The van der Waals surface area contributed by atoms with E-state index in [0.717, 1.165) is 0 Å². The van der Waals surface area contributed by atoms with Crippen molar-refractivity contribution in [3.05, 3.63) is 0 Å². The minimum atomic E-state index is -0.882. The van der Waals surface area contributed by atoms with Crippen molar-refractivity contribution in [2.24, 2.45) is 5.16 Å². The molecule has 12 heavy (non-hydrogen) atoms. The zero-order valence-corrected chi connectivity index (χ0v) is 6.82. The molecule has 1 heterocycles. The lowest BCUT2D eigenvalue weighted by Gasteiger charge is -2.02. The fraction of sp³-hybridized carbons (Fsp3) is 0.714. The summed E-state index contributed by atoms with van der Waals surface area (Å²) in [5.74, 6) is -0.392. The van der Waals surface area contributed by atoms with E-state index < -0.39 is 5.97 Å². The molecule has 0 aliphatic carbocycles. The molecule has 0 aromatic heterocycles. The number of carboxylic acids is 1. The Balaban J connectivity index is 2.26. The van der Waals surface area contributed by atoms with E-state index in [9.17, 15) is 4.79 Å². The number of oxime groups is 1. The lowest BCUT2D eigenvalue weighted by molar-refractivity contribution is -0.139. The Morgan fingerprint density at radius 3 is 3.25 bits per heavy atom. The summed E-state index contributed by atoms with van der Waals surface area (Å²) in [4.78, 5) is 15.1. The van der Waals surface area contributed by atoms with E-state index in [-0.39, 0.29) is 12.5 Å². The van der Waals surface area contributed by atoms with Gasteiger partial charge in [-0.2, -0.15) is 0 Å². The van der Waals surface area contributed by atoms with Gasteiger partial charge in [0.15, 0.2) is 0 Å². The van der Waals surface area contributed by atoms with E-state index >= 15 is 0 Å². The van der Waals surface area contributed by atoms with Crippen LogP contribution in [0.5, 0.6) is 0 Å². The van der Waals surface area contributed by atoms with Crippen molar-refractivity contribution in [3.63, 3.8) is 0 Å². The molecule has 0 bridgehead atoms. The minimum Gasteiger partial charge on any atom is -0.481 e. The van der Waals surface area contributed by atoms with Gasteiger partial charge < -0.3 is 14.7 Å². The third kappa shape index (κ3) is 2.41. The van der Waals surface area contributed by atoms with Gasteiger partial charge in [0.05, 0.1) is 19.4 Å². The lowest BCUT2D eigenvalue weighted by atomic mass is 10.2. The molecule has 0 saturated carbocycles. The van der Waals surface area contributed by atoms with Gasteiger partial charge in [-0.3, -0.25) is 4.79 Å². The number of carboxylic acid groups (broad SMARTS) is 1. The molecule has 0 fully saturated rings. The zero-order chi connectivity index (χ0) is 8.97. The summed E-state index contributed by atoms with van der Waals surface area (Å²) in [6.07, 6.45) is 0.0734. The van der Waals surface area contributed by atoms with Crippen LogP contribution in [0.25, 0.3) is 0 Å². The Morgan fingerprint density at radius 2 is 2.67 bits per heavy atom. The fourth-order valence-corrected chi connectivity index (χ4v) is 0.959. The van der Waals surface area contributed by atoms with E-state index in [1.165, 1.54) is 0 Å². The number of nitrogens with zero attached hydrogens (tertiary/aromatic N) is 1. The molecule has 0 radical (unpaired) electrons. The number of hydrogen-bond acceptors (Lipinski definition) is 4. The maximum atomic E-state index is 10.2. The highest BCUT2D eigenvalue weighted by atomic mass is 16.7. The van der Waals surface area contributed by atoms with E-state index in [0.29, 0.717) is 18.9 Å². The summed E-state index contributed by atoms with van der Waals surface area (Å²) in [6, 6.07) is 0. The van der Waals surface area contributed by atoms with E-state index in [1.807, 2.05) is 6.92 Å². The second kappa shape index (κ2) is 3.94. The summed E-state index contributed by atoms with van der Waals surface area (Å²) in [7, 11) is 0. The number of ether oxygens (including phenoxy) is 1. The van der Waals surface area contributed by atoms with Crippen molar-refractivity contribution in [2.75, 3.05) is 6.61 Å². The number of rotatable bonds is 3. The van der Waals surface area contributed by atoms with Crippen molar-refractivity contribution >= 4 is 11.9 Å². The second-order valence-electron chi connectivity index (χ2n) is 2.45. The average Bonchev–Trinajstić information content (AvgIpc) is 2.36. The van der Waals surface area contributed by atoms with Gasteiger partial charge in [-0.1, -0.05) is 5.16 Å². The Morgan fingerprint density at radius 1 is 1.92 bits per heavy atom. The second-order valence-corrected chi connectivity index (χ2v) is 2.45. The van der Waals surface area contributed by atoms with E-state index in [4.69, 9.17) is 14.7 Å². The highest BCUT2D eigenvalue weighted by Gasteiger charge is 2.24. The standard InChI is InChI=1S/C7H11NO4/c1-2-11-6-3-5(12-8-6)4-7(9)10/h5H,2-4H2,1H3,(H,9,10). The summed E-state index contributed by atoms with van der Waals surface area (Å²) >= 11 is 0. The number of aliphatic carboxylic acids is 1. The van der Waals surface area contributed by atoms with Crippen LogP contribution in [0.2, 0.25) is 0 Å². The first-order valence-corrected chi connectivity index (χ1v) is 3.79. The van der Waals surface area contributed by atoms with Crippen molar-refractivity contribution < 1.29 is 19.5 Å². The van der Waals surface area contributed by atoms with E-state index in [1.54, 1.807) is 0 Å². The van der Waals surface area contributed by atoms with Gasteiger partial charge >= 0.3 is 5.97 Å². The zero-order valence-electron chi connectivity index (χ0n) is 6.82. The molecule has 1 aliphatic rings. The van der Waals surface area contributed by atoms with Crippen LogP contribution >= 0.6 is 0 Å². The van der Waals surface area contributed by atoms with Crippen LogP contribution in [0.3, 0.4) is 0 Å². The summed E-state index contributed by atoms with van der Waals surface area (Å²) in [5.41, 5.74) is 0. The van der Waals surface area contributed by atoms with Gasteiger partial charge in [-0.25, -0.2) is 0 Å². The molecule has 5 nitrogen and oxygen atoms in total. The number of carbonyl (C=O) groups is 1. The van der Waals surface area contributed by atoms with Crippen LogP contribution in [-0.2, 0) is 14.4 Å². The third-order valence-electron chi connectivity index (χ3n) is 1.42. The molecular weight excluding hydrogens is 162 g/mol. The van der Waals surface area contributed by atoms with Gasteiger partial charge in [0, 0.05) is 0 Å². The molecule has 1 N–H and O–H groups in total. The van der Waals surface area contributed by atoms with Crippen LogP contribution < -0.4 is 0 Å². The first-order chi connectivity index (χ1) is 5.72. The molecule has 1 unspecified atom stereocenters. The molecule has 0 saturated heterocycles. The van der Waals surface area contributed by atoms with Crippen LogP contribution in [0.1, 0.15) is 19.8 Å². The van der Waals surface area contributed by atoms with Crippen LogP contribution in [-0.4, -0.2) is 29.7 Å². The van der Waals surface area contributed by atoms with Crippen LogP contribution in [0, 0.1) is 0 Å². The normalized spacial score (nSPS) is 21.4. The Labute approximate surface area is 70.0 Å². The summed E-state index contributed by atoms with van der Waals surface area (Å²) < 4.78 is 5.05. The highest BCUT2D eigenvalue weighted by Crippen LogP contribution is 2.14. The molecule has 1 rings (SSSR count). The summed E-state index contributed by atoms with van der Waals surface area (Å²) in [6.45, 7) is 2.37. The van der Waals surface area contributed by atoms with Crippen LogP contribution in [0.4, 0.5) is 0 Å². The number of hydrogen-bond donors (Lipinski definition) is 1. The van der Waals surface area contributed by atoms with E-state index in [2.05, 4.69) is 5.16 Å². The van der Waals surface area contributed by atoms with Crippen molar-refractivity contribution in [3.8, 4) is 0 Å². The molecule has 0 amide bonds. The summed E-state index contributed by atoms with van der Waals surface area (Å²) in [5, 5.41) is 12.0. The molecule has 0 spiro atoms. The first-order valence-electron chi connectivity index (χ1n) is 3.79. The lowest BCUT2D eigenvalue weighted by Crippen LogP contribution is -2.14. The SMILES string of the molecule is CCOC1=NOC(CC(=O)O)C1. The largest absolute Gasteiger partial charge is 0.481 e. The first kappa shape index (κ1) is 8.83. The topological polar surface area (TPSA) is 68.1 Å². The average molecular weight is 173 g/mol. The van der Waals surface area contributed by atoms with Gasteiger partial charge in [-0.15, -0.1) is 0 Å². The van der Waals surface area contributed by atoms with Gasteiger partial charge in [-0.05, 0) is 6.92 Å². The maximum absolute atomic E-state index is 10.2. The molecule has 5 heteroatoms. The monoisotopic (exact) mass is 173 g/mol. The maximum Gasteiger partial charge on any atom is 0.307 e. The molecule has 1 aliphatic heterocycles. The highest BCUT2D eigenvalue weighted by molar-refractivity contribution is 5.78. The minimum absolute atomic E-state index is 0.0277. The molecule has 68 valence electrons. The van der Waals surface area contributed by atoms with Gasteiger partial charge in [0.1, 0.15) is 6.10 Å². The Bertz CT molecular complexity index is 202. The Kier molecular flexibility index (Phi) is 2.90. The Hall–Kier alpha value is -1.26. The van der Waals surface area contributed by atoms with Crippen molar-refractivity contribution in [1.82, 2.24) is 0 Å². The van der Waals surface area contributed by atoms with Crippen molar-refractivity contribution in [1.29, 1.82) is 0 Å². The molecule has 0 aromatic carbocycles. The fourth-order valence-electron chi connectivity index (χ4n) is 0.959. The molecule has 1 atom stereocenters. The molecule has 0 aromatic rings. The predicted octanol–water partition coefficient (Wildman–Crippen LogP) is 0.600. The van der Waals surface area contributed by atoms with Crippen LogP contribution in [0.15, 0.2) is 5.16 Å². The van der Waals surface area contributed by atoms with Crippen molar-refractivity contribution in [2.45, 2.75) is 25.9 Å². The smallest absolute Gasteiger partial charge is 0.307 e. The molecular formula is C7H11NO4. The van der Waals surface area contributed by atoms with Gasteiger partial charge in [0.2, 0.25) is 5.90 Å². The predicted molar refractivity (Wildman–Crippen MR) is 40.8 cm³/mol.